The van der Waals surface area contributed by atoms with Gasteiger partial charge in [0.1, 0.15) is 5.75 Å². The van der Waals surface area contributed by atoms with E-state index in [1.807, 2.05) is 13.0 Å². The van der Waals surface area contributed by atoms with Crippen LogP contribution in [-0.2, 0) is 6.54 Å². The van der Waals surface area contributed by atoms with Crippen LogP contribution in [0.5, 0.6) is 5.75 Å². The van der Waals surface area contributed by atoms with Crippen LogP contribution in [0.1, 0.15) is 39.2 Å². The highest BCUT2D eigenvalue weighted by molar-refractivity contribution is 5.59. The Bertz CT molecular complexity index is 418. The lowest BCUT2D eigenvalue weighted by Gasteiger charge is -2.25. The Balaban J connectivity index is 2.88. The highest BCUT2D eigenvalue weighted by atomic mass is 16.5. The fourth-order valence-electron chi connectivity index (χ4n) is 2.32. The molecule has 0 aliphatic heterocycles. The molecule has 0 bridgehead atoms. The maximum absolute atomic E-state index is 5.86. The van der Waals surface area contributed by atoms with Gasteiger partial charge in [-0.3, -0.25) is 0 Å². The van der Waals surface area contributed by atoms with Crippen molar-refractivity contribution >= 4 is 5.69 Å². The van der Waals surface area contributed by atoms with Crippen LogP contribution in [-0.4, -0.2) is 26.2 Å². The van der Waals surface area contributed by atoms with E-state index in [1.165, 1.54) is 24.1 Å². The fourth-order valence-corrected chi connectivity index (χ4v) is 2.32. The molecule has 0 aliphatic rings. The molecule has 1 aromatic carbocycles. The number of ether oxygens (including phenoxy) is 1. The Morgan fingerprint density at radius 2 is 2.10 bits per heavy atom. The third kappa shape index (κ3) is 5.80. The standard InChI is InChI=1S/C18H30N2O/c1-5-9-13-20(7-3)17-11-10-16(15-19-12-6-2)14-18(17)21-8-4/h6,10-11,14,19H,2,5,7-9,12-13,15H2,1,3-4H3. The van der Waals surface area contributed by atoms with E-state index in [0.717, 1.165) is 31.9 Å². The third-order valence-corrected chi connectivity index (χ3v) is 3.45. The molecule has 21 heavy (non-hydrogen) atoms. The first-order valence-corrected chi connectivity index (χ1v) is 8.09. The molecule has 0 heterocycles. The topological polar surface area (TPSA) is 24.5 Å². The Kier molecular flexibility index (Phi) is 8.60. The molecule has 0 radical (unpaired) electrons. The van der Waals surface area contributed by atoms with Crippen LogP contribution >= 0.6 is 0 Å². The Morgan fingerprint density at radius 3 is 2.71 bits per heavy atom. The number of anilines is 1. The summed E-state index contributed by atoms with van der Waals surface area (Å²) in [5.74, 6) is 0.994. The van der Waals surface area contributed by atoms with E-state index in [-0.39, 0.29) is 0 Å². The van der Waals surface area contributed by atoms with Gasteiger partial charge >= 0.3 is 0 Å². The van der Waals surface area contributed by atoms with Gasteiger partial charge in [-0.25, -0.2) is 0 Å². The van der Waals surface area contributed by atoms with Gasteiger partial charge in [0.15, 0.2) is 0 Å². The zero-order chi connectivity index (χ0) is 15.5. The van der Waals surface area contributed by atoms with Crippen LogP contribution in [0.2, 0.25) is 0 Å². The Morgan fingerprint density at radius 1 is 1.29 bits per heavy atom. The summed E-state index contributed by atoms with van der Waals surface area (Å²) in [6.45, 7) is 14.6. The second-order valence-electron chi connectivity index (χ2n) is 5.09. The number of nitrogens with zero attached hydrogens (tertiary/aromatic N) is 1. The van der Waals surface area contributed by atoms with Gasteiger partial charge in [0.2, 0.25) is 0 Å². The summed E-state index contributed by atoms with van der Waals surface area (Å²) < 4.78 is 5.86. The van der Waals surface area contributed by atoms with Crippen LogP contribution in [0.3, 0.4) is 0 Å². The van der Waals surface area contributed by atoms with E-state index in [9.17, 15) is 0 Å². The molecule has 0 aromatic heterocycles. The summed E-state index contributed by atoms with van der Waals surface area (Å²) in [5.41, 5.74) is 2.45. The molecule has 0 spiro atoms. The summed E-state index contributed by atoms with van der Waals surface area (Å²) in [4.78, 5) is 2.40. The molecule has 118 valence electrons. The predicted octanol–water partition coefficient (Wildman–Crippen LogP) is 3.99. The summed E-state index contributed by atoms with van der Waals surface area (Å²) in [6.07, 6.45) is 4.30. The minimum Gasteiger partial charge on any atom is -0.492 e. The second kappa shape index (κ2) is 10.3. The van der Waals surface area contributed by atoms with Gasteiger partial charge in [0.25, 0.3) is 0 Å². The number of nitrogens with one attached hydrogen (secondary N) is 1. The monoisotopic (exact) mass is 290 g/mol. The minimum absolute atomic E-state index is 0.696. The van der Waals surface area contributed by atoms with Crippen molar-refractivity contribution in [3.05, 3.63) is 36.4 Å². The van der Waals surface area contributed by atoms with Crippen LogP contribution in [0, 0.1) is 0 Å². The van der Waals surface area contributed by atoms with Crippen molar-refractivity contribution in [1.82, 2.24) is 5.32 Å². The molecule has 3 heteroatoms. The number of rotatable bonds is 11. The van der Waals surface area contributed by atoms with Gasteiger partial charge in [-0.2, -0.15) is 0 Å². The molecule has 1 aromatic rings. The van der Waals surface area contributed by atoms with Crippen molar-refractivity contribution in [2.75, 3.05) is 31.1 Å². The first kappa shape index (κ1) is 17.6. The average molecular weight is 290 g/mol. The van der Waals surface area contributed by atoms with Crippen molar-refractivity contribution in [3.63, 3.8) is 0 Å². The van der Waals surface area contributed by atoms with Crippen molar-refractivity contribution in [3.8, 4) is 5.75 Å². The van der Waals surface area contributed by atoms with E-state index >= 15 is 0 Å². The maximum Gasteiger partial charge on any atom is 0.142 e. The quantitative estimate of drug-likeness (QED) is 0.493. The molecule has 0 amide bonds. The normalized spacial score (nSPS) is 10.4. The van der Waals surface area contributed by atoms with Crippen molar-refractivity contribution in [2.24, 2.45) is 0 Å². The van der Waals surface area contributed by atoms with Crippen molar-refractivity contribution < 1.29 is 4.74 Å². The van der Waals surface area contributed by atoms with E-state index in [1.54, 1.807) is 0 Å². The Hall–Kier alpha value is -1.48. The average Bonchev–Trinajstić information content (AvgIpc) is 2.50. The first-order valence-electron chi connectivity index (χ1n) is 8.09. The molecular formula is C18H30N2O. The minimum atomic E-state index is 0.696. The zero-order valence-corrected chi connectivity index (χ0v) is 13.8. The summed E-state index contributed by atoms with van der Waals surface area (Å²) in [6, 6.07) is 6.53. The maximum atomic E-state index is 5.86. The summed E-state index contributed by atoms with van der Waals surface area (Å²) in [5, 5.41) is 3.33. The van der Waals surface area contributed by atoms with E-state index in [2.05, 4.69) is 48.8 Å². The number of hydrogen-bond acceptors (Lipinski definition) is 3. The summed E-state index contributed by atoms with van der Waals surface area (Å²) in [7, 11) is 0. The molecule has 3 nitrogen and oxygen atoms in total. The van der Waals surface area contributed by atoms with Crippen LogP contribution in [0.4, 0.5) is 5.69 Å². The SMILES string of the molecule is C=CCNCc1ccc(N(CC)CCCC)c(OCC)c1. The summed E-state index contributed by atoms with van der Waals surface area (Å²) >= 11 is 0. The number of hydrogen-bond donors (Lipinski definition) is 1. The lowest BCUT2D eigenvalue weighted by Crippen LogP contribution is -2.24. The third-order valence-electron chi connectivity index (χ3n) is 3.45. The molecule has 0 fully saturated rings. The van der Waals surface area contributed by atoms with Crippen LogP contribution in [0.15, 0.2) is 30.9 Å². The van der Waals surface area contributed by atoms with Crippen LogP contribution in [0.25, 0.3) is 0 Å². The number of benzene rings is 1. The predicted molar refractivity (Wildman–Crippen MR) is 92.3 cm³/mol. The molecule has 1 N–H and O–H groups in total. The van der Waals surface area contributed by atoms with Gasteiger partial charge in [-0.15, -0.1) is 6.58 Å². The highest BCUT2D eigenvalue weighted by Crippen LogP contribution is 2.30. The molecule has 0 atom stereocenters. The van der Waals surface area contributed by atoms with Gasteiger partial charge < -0.3 is 15.0 Å². The lowest BCUT2D eigenvalue weighted by atomic mass is 10.1. The van der Waals surface area contributed by atoms with Crippen molar-refractivity contribution in [1.29, 1.82) is 0 Å². The van der Waals surface area contributed by atoms with E-state index in [0.29, 0.717) is 6.61 Å². The van der Waals surface area contributed by atoms with E-state index < -0.39 is 0 Å². The fraction of sp³-hybridized carbons (Fsp3) is 0.556. The molecule has 0 saturated carbocycles. The van der Waals surface area contributed by atoms with Crippen molar-refractivity contribution in [2.45, 2.75) is 40.2 Å². The van der Waals surface area contributed by atoms with Gasteiger partial charge in [-0.1, -0.05) is 25.5 Å². The number of unbranched alkanes of at least 4 members (excludes halogenated alkanes) is 1. The lowest BCUT2D eigenvalue weighted by molar-refractivity contribution is 0.340. The van der Waals surface area contributed by atoms with Gasteiger partial charge in [0.05, 0.1) is 12.3 Å². The largest absolute Gasteiger partial charge is 0.492 e. The van der Waals surface area contributed by atoms with Crippen LogP contribution < -0.4 is 15.0 Å². The second-order valence-corrected chi connectivity index (χ2v) is 5.09. The molecule has 0 aliphatic carbocycles. The van der Waals surface area contributed by atoms with Gasteiger partial charge in [0, 0.05) is 26.2 Å². The molecule has 1 rings (SSSR count). The molecular weight excluding hydrogens is 260 g/mol. The highest BCUT2D eigenvalue weighted by Gasteiger charge is 2.11. The first-order chi connectivity index (χ1) is 10.3. The Labute approximate surface area is 130 Å². The van der Waals surface area contributed by atoms with E-state index in [4.69, 9.17) is 4.74 Å². The molecule has 0 unspecified atom stereocenters. The van der Waals surface area contributed by atoms with Gasteiger partial charge in [-0.05, 0) is 38.0 Å². The smallest absolute Gasteiger partial charge is 0.142 e. The zero-order valence-electron chi connectivity index (χ0n) is 13.8. The molecule has 0 saturated heterocycles.